The molecule has 0 bridgehead atoms. The van der Waals surface area contributed by atoms with Crippen molar-refractivity contribution in [3.8, 4) is 0 Å². The molecule has 0 amide bonds. The maximum Gasteiger partial charge on any atom is 0.0401 e. The van der Waals surface area contributed by atoms with E-state index in [0.29, 0.717) is 11.8 Å². The molecule has 0 saturated carbocycles. The Labute approximate surface area is 133 Å². The van der Waals surface area contributed by atoms with Gasteiger partial charge in [0.05, 0.1) is 0 Å². The molecule has 0 aliphatic carbocycles. The van der Waals surface area contributed by atoms with E-state index in [4.69, 9.17) is 11.6 Å². The zero-order valence-electron chi connectivity index (χ0n) is 14.3. The summed E-state index contributed by atoms with van der Waals surface area (Å²) in [7, 11) is 0. The molecule has 3 atom stereocenters. The highest BCUT2D eigenvalue weighted by molar-refractivity contribution is 6.20. The monoisotopic (exact) mass is 300 g/mol. The summed E-state index contributed by atoms with van der Waals surface area (Å²) in [4.78, 5) is 0. The van der Waals surface area contributed by atoms with E-state index in [1.54, 1.807) is 0 Å². The van der Waals surface area contributed by atoms with Crippen LogP contribution in [0, 0.1) is 17.8 Å². The Morgan fingerprint density at radius 3 is 2.00 bits per heavy atom. The number of hydrogen-bond acceptors (Lipinski definition) is 0. The van der Waals surface area contributed by atoms with E-state index in [2.05, 4.69) is 40.3 Å². The van der Waals surface area contributed by atoms with Crippen molar-refractivity contribution in [2.24, 2.45) is 17.8 Å². The summed E-state index contributed by atoms with van der Waals surface area (Å²) in [5.41, 5.74) is 0. The Kier molecular flexibility index (Phi) is 12.8. The highest BCUT2D eigenvalue weighted by atomic mass is 35.5. The molecule has 20 heavy (non-hydrogen) atoms. The predicted octanol–water partition coefficient (Wildman–Crippen LogP) is 7.22. The first-order valence-corrected chi connectivity index (χ1v) is 9.26. The van der Waals surface area contributed by atoms with Crippen LogP contribution in [0.25, 0.3) is 0 Å². The SMILES string of the molecule is C=CC(C(C)C)C(Cl)CCC(CCCC)CCCCC. The highest BCUT2D eigenvalue weighted by Crippen LogP contribution is 2.29. The molecule has 0 fully saturated rings. The molecule has 0 nitrogen and oxygen atoms in total. The van der Waals surface area contributed by atoms with Crippen LogP contribution in [0.5, 0.6) is 0 Å². The van der Waals surface area contributed by atoms with Crippen molar-refractivity contribution in [2.45, 2.75) is 90.9 Å². The largest absolute Gasteiger partial charge is 0.122 e. The Balaban J connectivity index is 4.17. The fourth-order valence-corrected chi connectivity index (χ4v) is 3.55. The zero-order valence-corrected chi connectivity index (χ0v) is 15.1. The number of hydrogen-bond donors (Lipinski definition) is 0. The maximum atomic E-state index is 6.61. The minimum atomic E-state index is 0.266. The molecular formula is C19H37Cl. The van der Waals surface area contributed by atoms with E-state index in [9.17, 15) is 0 Å². The van der Waals surface area contributed by atoms with E-state index in [-0.39, 0.29) is 5.38 Å². The van der Waals surface area contributed by atoms with E-state index in [1.165, 1.54) is 51.4 Å². The van der Waals surface area contributed by atoms with Gasteiger partial charge in [-0.2, -0.15) is 0 Å². The van der Waals surface area contributed by atoms with Crippen LogP contribution in [0.3, 0.4) is 0 Å². The molecule has 3 unspecified atom stereocenters. The molecular weight excluding hydrogens is 264 g/mol. The van der Waals surface area contributed by atoms with Crippen molar-refractivity contribution in [3.05, 3.63) is 12.7 Å². The summed E-state index contributed by atoms with van der Waals surface area (Å²) in [6.07, 6.45) is 14.1. The maximum absolute atomic E-state index is 6.61. The van der Waals surface area contributed by atoms with Gasteiger partial charge in [0.2, 0.25) is 0 Å². The Bertz CT molecular complexity index is 222. The summed E-state index contributed by atoms with van der Waals surface area (Å²) in [6, 6.07) is 0. The van der Waals surface area contributed by atoms with Gasteiger partial charge in [0, 0.05) is 5.38 Å². The minimum absolute atomic E-state index is 0.266. The molecule has 0 rings (SSSR count). The smallest absolute Gasteiger partial charge is 0.0401 e. The van der Waals surface area contributed by atoms with Gasteiger partial charge in [0.15, 0.2) is 0 Å². The quantitative estimate of drug-likeness (QED) is 0.191. The molecule has 0 radical (unpaired) electrons. The van der Waals surface area contributed by atoms with E-state index in [0.717, 1.165) is 12.3 Å². The lowest BCUT2D eigenvalue weighted by molar-refractivity contribution is 0.351. The van der Waals surface area contributed by atoms with Crippen LogP contribution in [0.4, 0.5) is 0 Å². The lowest BCUT2D eigenvalue weighted by Gasteiger charge is -2.24. The molecule has 0 heterocycles. The van der Waals surface area contributed by atoms with Crippen LogP contribution < -0.4 is 0 Å². The minimum Gasteiger partial charge on any atom is -0.122 e. The number of halogens is 1. The summed E-state index contributed by atoms with van der Waals surface area (Å²) in [6.45, 7) is 13.0. The average molecular weight is 301 g/mol. The van der Waals surface area contributed by atoms with Crippen molar-refractivity contribution < 1.29 is 0 Å². The number of unbranched alkanes of at least 4 members (excludes halogenated alkanes) is 3. The van der Waals surface area contributed by atoms with Gasteiger partial charge in [0.25, 0.3) is 0 Å². The van der Waals surface area contributed by atoms with Gasteiger partial charge in [-0.05, 0) is 30.6 Å². The molecule has 0 aromatic rings. The second-order valence-electron chi connectivity index (χ2n) is 6.65. The molecule has 0 aliphatic rings. The molecule has 0 N–H and O–H groups in total. The summed E-state index contributed by atoms with van der Waals surface area (Å²) in [5.74, 6) is 1.95. The first-order valence-electron chi connectivity index (χ1n) is 8.83. The molecule has 0 saturated heterocycles. The second-order valence-corrected chi connectivity index (χ2v) is 7.22. The fraction of sp³-hybridized carbons (Fsp3) is 0.895. The third-order valence-corrected chi connectivity index (χ3v) is 5.00. The molecule has 0 aromatic carbocycles. The van der Waals surface area contributed by atoms with Gasteiger partial charge in [0.1, 0.15) is 0 Å². The number of alkyl halides is 1. The van der Waals surface area contributed by atoms with Gasteiger partial charge < -0.3 is 0 Å². The van der Waals surface area contributed by atoms with Crippen molar-refractivity contribution in [1.82, 2.24) is 0 Å². The van der Waals surface area contributed by atoms with E-state index in [1.807, 2.05) is 0 Å². The Morgan fingerprint density at radius 1 is 0.900 bits per heavy atom. The third kappa shape index (κ3) is 9.06. The fourth-order valence-electron chi connectivity index (χ4n) is 3.03. The van der Waals surface area contributed by atoms with Crippen molar-refractivity contribution in [1.29, 1.82) is 0 Å². The van der Waals surface area contributed by atoms with Gasteiger partial charge in [-0.25, -0.2) is 0 Å². The standard InChI is InChI=1S/C19H37Cl/c1-6-9-11-13-17(12-10-7-2)14-15-19(20)18(8-3)16(4)5/h8,16-19H,3,6-7,9-15H2,1-2,4-5H3. The normalized spacial score (nSPS) is 16.1. The lowest BCUT2D eigenvalue weighted by Crippen LogP contribution is -2.19. The number of allylic oxidation sites excluding steroid dienone is 1. The zero-order chi connectivity index (χ0) is 15.4. The molecule has 0 aliphatic heterocycles. The Hall–Kier alpha value is 0.0300. The summed E-state index contributed by atoms with van der Waals surface area (Å²) in [5, 5.41) is 0.266. The first-order chi connectivity index (χ1) is 9.56. The third-order valence-electron chi connectivity index (χ3n) is 4.49. The van der Waals surface area contributed by atoms with Gasteiger partial charge in [-0.3, -0.25) is 0 Å². The molecule has 0 aromatic heterocycles. The highest BCUT2D eigenvalue weighted by Gasteiger charge is 2.20. The van der Waals surface area contributed by atoms with Crippen molar-refractivity contribution in [2.75, 3.05) is 0 Å². The van der Waals surface area contributed by atoms with Crippen LogP contribution in [0.2, 0.25) is 0 Å². The van der Waals surface area contributed by atoms with Crippen LogP contribution in [0.15, 0.2) is 12.7 Å². The molecule has 0 spiro atoms. The van der Waals surface area contributed by atoms with Crippen LogP contribution in [0.1, 0.15) is 85.5 Å². The number of rotatable bonds is 13. The summed E-state index contributed by atoms with van der Waals surface area (Å²) < 4.78 is 0. The van der Waals surface area contributed by atoms with Crippen molar-refractivity contribution in [3.63, 3.8) is 0 Å². The van der Waals surface area contributed by atoms with Crippen LogP contribution >= 0.6 is 11.6 Å². The first kappa shape index (κ1) is 20.0. The van der Waals surface area contributed by atoms with E-state index >= 15 is 0 Å². The van der Waals surface area contributed by atoms with Gasteiger partial charge >= 0.3 is 0 Å². The van der Waals surface area contributed by atoms with Gasteiger partial charge in [-0.1, -0.05) is 78.7 Å². The second kappa shape index (κ2) is 12.7. The molecule has 120 valence electrons. The van der Waals surface area contributed by atoms with Crippen LogP contribution in [-0.2, 0) is 0 Å². The average Bonchev–Trinajstić information content (AvgIpc) is 2.41. The lowest BCUT2D eigenvalue weighted by atomic mass is 9.86. The van der Waals surface area contributed by atoms with Crippen molar-refractivity contribution >= 4 is 11.6 Å². The van der Waals surface area contributed by atoms with Crippen LogP contribution in [-0.4, -0.2) is 5.38 Å². The Morgan fingerprint density at radius 2 is 1.50 bits per heavy atom. The van der Waals surface area contributed by atoms with Gasteiger partial charge in [-0.15, -0.1) is 18.2 Å². The van der Waals surface area contributed by atoms with E-state index < -0.39 is 0 Å². The predicted molar refractivity (Wildman–Crippen MR) is 94.6 cm³/mol. The summed E-state index contributed by atoms with van der Waals surface area (Å²) >= 11 is 6.61. The molecule has 1 heteroatoms. The topological polar surface area (TPSA) is 0 Å².